The van der Waals surface area contributed by atoms with Crippen LogP contribution in [0.25, 0.3) is 0 Å². The van der Waals surface area contributed by atoms with Crippen molar-refractivity contribution in [3.8, 4) is 11.5 Å². The van der Waals surface area contributed by atoms with Gasteiger partial charge in [0.15, 0.2) is 11.5 Å². The number of carbonyl (C=O) groups excluding carboxylic acids is 2. The Bertz CT molecular complexity index is 1250. The van der Waals surface area contributed by atoms with Crippen molar-refractivity contribution in [2.45, 2.75) is 45.2 Å². The maximum absolute atomic E-state index is 13.8. The molecule has 0 saturated carbocycles. The second-order valence-electron chi connectivity index (χ2n) is 9.23. The van der Waals surface area contributed by atoms with Crippen LogP contribution < -0.4 is 14.8 Å². The molecular weight excluding hydrogens is 523 g/mol. The van der Waals surface area contributed by atoms with Gasteiger partial charge in [-0.1, -0.05) is 72.6 Å². The smallest absolute Gasteiger partial charge is 0.243 e. The summed E-state index contributed by atoms with van der Waals surface area (Å²) in [6, 6.07) is 19.9. The molecule has 0 fully saturated rings. The first-order chi connectivity index (χ1) is 18.4. The van der Waals surface area contributed by atoms with Crippen molar-refractivity contribution in [3.63, 3.8) is 0 Å². The zero-order valence-corrected chi connectivity index (χ0v) is 22.9. The summed E-state index contributed by atoms with van der Waals surface area (Å²) < 4.78 is 11.3. The first kappa shape index (κ1) is 27.8. The Labute approximate surface area is 233 Å². The first-order valence-corrected chi connectivity index (χ1v) is 13.6. The molecule has 0 aromatic heterocycles. The minimum absolute atomic E-state index is 0.140. The second kappa shape index (κ2) is 13.5. The number of benzene rings is 3. The van der Waals surface area contributed by atoms with E-state index in [4.69, 9.17) is 32.7 Å². The Balaban J connectivity index is 1.60. The number of amides is 2. The number of halogens is 2. The number of rotatable bonds is 11. The summed E-state index contributed by atoms with van der Waals surface area (Å²) in [6.07, 6.45) is 1.90. The van der Waals surface area contributed by atoms with Gasteiger partial charge in [0.05, 0.1) is 0 Å². The Hall–Kier alpha value is -3.22. The molecule has 1 atom stereocenters. The predicted octanol–water partition coefficient (Wildman–Crippen LogP) is 5.86. The molecule has 1 N–H and O–H groups in total. The Kier molecular flexibility index (Phi) is 9.91. The molecular formula is C30H32Cl2N2O4. The fourth-order valence-electron chi connectivity index (χ4n) is 4.39. The van der Waals surface area contributed by atoms with E-state index >= 15 is 0 Å². The number of ether oxygens (including phenoxy) is 2. The van der Waals surface area contributed by atoms with Gasteiger partial charge >= 0.3 is 0 Å². The molecule has 1 aliphatic heterocycles. The Morgan fingerprint density at radius 1 is 0.947 bits per heavy atom. The molecule has 8 heteroatoms. The summed E-state index contributed by atoms with van der Waals surface area (Å²) in [4.78, 5) is 28.9. The summed E-state index contributed by atoms with van der Waals surface area (Å²) in [5, 5.41) is 3.95. The second-order valence-corrected chi connectivity index (χ2v) is 10.1. The van der Waals surface area contributed by atoms with Crippen molar-refractivity contribution in [1.29, 1.82) is 0 Å². The zero-order valence-electron chi connectivity index (χ0n) is 21.4. The van der Waals surface area contributed by atoms with Gasteiger partial charge in [-0.3, -0.25) is 9.59 Å². The van der Waals surface area contributed by atoms with Crippen LogP contribution in [0.3, 0.4) is 0 Å². The molecule has 38 heavy (non-hydrogen) atoms. The van der Waals surface area contributed by atoms with Gasteiger partial charge in [0.25, 0.3) is 0 Å². The van der Waals surface area contributed by atoms with Crippen LogP contribution in [0.4, 0.5) is 0 Å². The minimum atomic E-state index is -0.705. The first-order valence-electron chi connectivity index (χ1n) is 12.9. The molecule has 3 aromatic carbocycles. The van der Waals surface area contributed by atoms with Gasteiger partial charge in [-0.2, -0.15) is 0 Å². The number of fused-ring (bicyclic) bond motifs is 1. The summed E-state index contributed by atoms with van der Waals surface area (Å²) in [6.45, 7) is 3.74. The molecule has 1 aliphatic rings. The van der Waals surface area contributed by atoms with Crippen LogP contribution >= 0.6 is 23.2 Å². The quantitative estimate of drug-likeness (QED) is 0.322. The van der Waals surface area contributed by atoms with E-state index in [0.717, 1.165) is 23.1 Å². The SMILES string of the molecule is CCCNC(=O)[C@@H](Cc1ccccc1)N(Cc1ccc(Cl)cc1Cl)C(=O)CCc1ccc2c(c1)OCCO2. The van der Waals surface area contributed by atoms with Crippen LogP contribution in [0, 0.1) is 0 Å². The molecule has 0 saturated heterocycles. The van der Waals surface area contributed by atoms with Gasteiger partial charge in [-0.05, 0) is 53.8 Å². The third-order valence-corrected chi connectivity index (χ3v) is 7.00. The Morgan fingerprint density at radius 2 is 1.71 bits per heavy atom. The molecule has 2 amide bonds. The molecule has 1 heterocycles. The molecule has 0 radical (unpaired) electrons. The maximum atomic E-state index is 13.8. The number of hydrogen-bond acceptors (Lipinski definition) is 4. The minimum Gasteiger partial charge on any atom is -0.486 e. The molecule has 3 aromatic rings. The largest absolute Gasteiger partial charge is 0.486 e. The van der Waals surface area contributed by atoms with Gasteiger partial charge in [0, 0.05) is 36.0 Å². The van der Waals surface area contributed by atoms with Crippen LogP contribution in [0.15, 0.2) is 66.7 Å². The normalized spacial score (nSPS) is 13.0. The lowest BCUT2D eigenvalue weighted by molar-refractivity contribution is -0.141. The van der Waals surface area contributed by atoms with Crippen LogP contribution in [0.1, 0.15) is 36.5 Å². The number of nitrogens with zero attached hydrogens (tertiary/aromatic N) is 1. The number of aryl methyl sites for hydroxylation is 1. The van der Waals surface area contributed by atoms with Crippen molar-refractivity contribution >= 4 is 35.0 Å². The van der Waals surface area contributed by atoms with E-state index in [1.165, 1.54) is 0 Å². The van der Waals surface area contributed by atoms with Crippen LogP contribution in [-0.2, 0) is 29.0 Å². The Morgan fingerprint density at radius 3 is 2.45 bits per heavy atom. The van der Waals surface area contributed by atoms with Gasteiger partial charge in [-0.15, -0.1) is 0 Å². The van der Waals surface area contributed by atoms with Crippen molar-refractivity contribution < 1.29 is 19.1 Å². The van der Waals surface area contributed by atoms with Gasteiger partial charge < -0.3 is 19.7 Å². The van der Waals surface area contributed by atoms with E-state index in [9.17, 15) is 9.59 Å². The highest BCUT2D eigenvalue weighted by Gasteiger charge is 2.30. The molecule has 0 unspecified atom stereocenters. The lowest BCUT2D eigenvalue weighted by atomic mass is 10.0. The highest BCUT2D eigenvalue weighted by molar-refractivity contribution is 6.35. The molecule has 0 aliphatic carbocycles. The highest BCUT2D eigenvalue weighted by atomic mass is 35.5. The number of hydrogen-bond donors (Lipinski definition) is 1. The summed E-state index contributed by atoms with van der Waals surface area (Å²) in [5.74, 6) is 1.07. The fraction of sp³-hybridized carbons (Fsp3) is 0.333. The van der Waals surface area contributed by atoms with E-state index < -0.39 is 6.04 Å². The number of carbonyl (C=O) groups is 2. The molecule has 0 bridgehead atoms. The van der Waals surface area contributed by atoms with Gasteiger partial charge in [0.2, 0.25) is 11.8 Å². The van der Waals surface area contributed by atoms with Crippen LogP contribution in [0.5, 0.6) is 11.5 Å². The van der Waals surface area contributed by atoms with E-state index in [1.54, 1.807) is 23.1 Å². The van der Waals surface area contributed by atoms with Crippen molar-refractivity contribution in [2.24, 2.45) is 0 Å². The van der Waals surface area contributed by atoms with Crippen LogP contribution in [0.2, 0.25) is 10.0 Å². The third kappa shape index (κ3) is 7.42. The predicted molar refractivity (Wildman–Crippen MR) is 150 cm³/mol. The molecule has 6 nitrogen and oxygen atoms in total. The topological polar surface area (TPSA) is 67.9 Å². The lowest BCUT2D eigenvalue weighted by Crippen LogP contribution is -2.50. The zero-order chi connectivity index (χ0) is 26.9. The average molecular weight is 556 g/mol. The van der Waals surface area contributed by atoms with E-state index in [2.05, 4.69) is 5.32 Å². The average Bonchev–Trinajstić information content (AvgIpc) is 2.93. The maximum Gasteiger partial charge on any atom is 0.243 e. The van der Waals surface area contributed by atoms with E-state index in [0.29, 0.717) is 54.1 Å². The van der Waals surface area contributed by atoms with Crippen LogP contribution in [-0.4, -0.2) is 42.5 Å². The van der Waals surface area contributed by atoms with Crippen molar-refractivity contribution in [1.82, 2.24) is 10.2 Å². The summed E-state index contributed by atoms with van der Waals surface area (Å²) in [7, 11) is 0. The van der Waals surface area contributed by atoms with E-state index in [-0.39, 0.29) is 24.8 Å². The highest BCUT2D eigenvalue weighted by Crippen LogP contribution is 2.31. The standard InChI is InChI=1S/C30H32Cl2N2O4/c1-2-14-33-30(36)26(17-21-6-4-3-5-7-21)34(20-23-10-11-24(31)19-25(23)32)29(35)13-9-22-8-12-27-28(18-22)38-16-15-37-27/h3-8,10-12,18-19,26H,2,9,13-17,20H2,1H3,(H,33,36)/t26-/m1/s1. The number of nitrogens with one attached hydrogen (secondary N) is 1. The summed E-state index contributed by atoms with van der Waals surface area (Å²) >= 11 is 12.6. The van der Waals surface area contributed by atoms with Crippen molar-refractivity contribution in [3.05, 3.63) is 93.5 Å². The molecule has 0 spiro atoms. The molecule has 200 valence electrons. The van der Waals surface area contributed by atoms with Crippen molar-refractivity contribution in [2.75, 3.05) is 19.8 Å². The van der Waals surface area contributed by atoms with E-state index in [1.807, 2.05) is 55.5 Å². The van der Waals surface area contributed by atoms with Gasteiger partial charge in [0.1, 0.15) is 19.3 Å². The fourth-order valence-corrected chi connectivity index (χ4v) is 4.86. The third-order valence-electron chi connectivity index (χ3n) is 6.41. The molecule has 4 rings (SSSR count). The summed E-state index contributed by atoms with van der Waals surface area (Å²) in [5.41, 5.74) is 2.66. The van der Waals surface area contributed by atoms with Gasteiger partial charge in [-0.25, -0.2) is 0 Å². The lowest BCUT2D eigenvalue weighted by Gasteiger charge is -2.32. The monoisotopic (exact) mass is 554 g/mol.